The highest BCUT2D eigenvalue weighted by Crippen LogP contribution is 2.23. The monoisotopic (exact) mass is 180 g/mol. The molecule has 0 aromatic carbocycles. The summed E-state index contributed by atoms with van der Waals surface area (Å²) in [4.78, 5) is 13.2. The highest BCUT2D eigenvalue weighted by Gasteiger charge is 2.34. The SMILES string of the molecule is O=C(O)c1cncn1C(F)(F)F. The summed E-state index contributed by atoms with van der Waals surface area (Å²) in [6.45, 7) is 0. The number of carbonyl (C=O) groups is 1. The Balaban J connectivity index is 3.17. The molecule has 7 heteroatoms. The van der Waals surface area contributed by atoms with Crippen molar-refractivity contribution in [1.29, 1.82) is 0 Å². The minimum Gasteiger partial charge on any atom is -0.477 e. The number of hydrogen-bond donors (Lipinski definition) is 1. The molecule has 0 atom stereocenters. The summed E-state index contributed by atoms with van der Waals surface area (Å²) < 4.78 is 35.3. The van der Waals surface area contributed by atoms with E-state index in [0.29, 0.717) is 12.5 Å². The topological polar surface area (TPSA) is 55.1 Å². The molecule has 0 spiro atoms. The van der Waals surface area contributed by atoms with Gasteiger partial charge in [0.15, 0.2) is 5.69 Å². The third-order valence-electron chi connectivity index (χ3n) is 1.13. The Hall–Kier alpha value is -1.53. The Morgan fingerprint density at radius 2 is 2.17 bits per heavy atom. The molecule has 0 aliphatic rings. The predicted molar refractivity (Wildman–Crippen MR) is 30.5 cm³/mol. The minimum absolute atomic E-state index is 0.366. The van der Waals surface area contributed by atoms with Gasteiger partial charge in [-0.2, -0.15) is 0 Å². The van der Waals surface area contributed by atoms with E-state index < -0.39 is 18.0 Å². The van der Waals surface area contributed by atoms with Crippen LogP contribution in [0.15, 0.2) is 12.5 Å². The zero-order chi connectivity index (χ0) is 9.35. The summed E-state index contributed by atoms with van der Waals surface area (Å²) in [6, 6.07) is 0. The van der Waals surface area contributed by atoms with Crippen LogP contribution in [0.5, 0.6) is 0 Å². The fraction of sp³-hybridized carbons (Fsp3) is 0.200. The van der Waals surface area contributed by atoms with E-state index in [9.17, 15) is 18.0 Å². The molecule has 0 saturated heterocycles. The molecular weight excluding hydrogens is 177 g/mol. The molecule has 0 saturated carbocycles. The first kappa shape index (κ1) is 8.57. The first-order valence-corrected chi connectivity index (χ1v) is 2.76. The average molecular weight is 180 g/mol. The Bertz CT molecular complexity index is 304. The summed E-state index contributed by atoms with van der Waals surface area (Å²) in [7, 11) is 0. The first-order chi connectivity index (χ1) is 5.43. The van der Waals surface area contributed by atoms with Crippen LogP contribution in [0.2, 0.25) is 0 Å². The standard InChI is InChI=1S/C5H3F3N2O2/c6-5(7,8)10-2-9-1-3(10)4(11)12/h1-2H,(H,11,12). The number of aromatic nitrogens is 2. The lowest BCUT2D eigenvalue weighted by Gasteiger charge is -2.07. The van der Waals surface area contributed by atoms with Crippen LogP contribution in [0.25, 0.3) is 0 Å². The summed E-state index contributed by atoms with van der Waals surface area (Å²) in [5, 5.41) is 8.26. The number of imidazole rings is 1. The van der Waals surface area contributed by atoms with Gasteiger partial charge in [-0.1, -0.05) is 0 Å². The Morgan fingerprint density at radius 1 is 1.58 bits per heavy atom. The Morgan fingerprint density at radius 3 is 2.50 bits per heavy atom. The number of alkyl halides is 3. The number of rotatable bonds is 1. The van der Waals surface area contributed by atoms with Crippen LogP contribution in [0.1, 0.15) is 10.5 Å². The van der Waals surface area contributed by atoms with Crippen LogP contribution in [-0.4, -0.2) is 20.6 Å². The van der Waals surface area contributed by atoms with E-state index in [0.717, 1.165) is 0 Å². The van der Waals surface area contributed by atoms with Crippen LogP contribution in [0.4, 0.5) is 13.2 Å². The van der Waals surface area contributed by atoms with Gasteiger partial charge in [-0.3, -0.25) is 0 Å². The maximum Gasteiger partial charge on any atom is 0.490 e. The zero-order valence-electron chi connectivity index (χ0n) is 5.54. The van der Waals surface area contributed by atoms with Crippen molar-refractivity contribution >= 4 is 5.97 Å². The number of hydrogen-bond acceptors (Lipinski definition) is 2. The number of nitrogens with zero attached hydrogens (tertiary/aromatic N) is 2. The van der Waals surface area contributed by atoms with Gasteiger partial charge in [0.25, 0.3) is 0 Å². The van der Waals surface area contributed by atoms with E-state index in [1.54, 1.807) is 0 Å². The molecule has 4 nitrogen and oxygen atoms in total. The molecule has 1 aromatic rings. The molecule has 1 aromatic heterocycles. The lowest BCUT2D eigenvalue weighted by atomic mass is 10.5. The first-order valence-electron chi connectivity index (χ1n) is 2.76. The van der Waals surface area contributed by atoms with Crippen LogP contribution >= 0.6 is 0 Å². The van der Waals surface area contributed by atoms with Gasteiger partial charge in [-0.15, -0.1) is 13.2 Å². The second kappa shape index (κ2) is 2.50. The van der Waals surface area contributed by atoms with E-state index in [-0.39, 0.29) is 4.57 Å². The summed E-state index contributed by atoms with van der Waals surface area (Å²) >= 11 is 0. The van der Waals surface area contributed by atoms with E-state index in [1.165, 1.54) is 0 Å². The zero-order valence-corrected chi connectivity index (χ0v) is 5.54. The minimum atomic E-state index is -4.73. The maximum absolute atomic E-state index is 11.9. The highest BCUT2D eigenvalue weighted by molar-refractivity contribution is 5.85. The molecular formula is C5H3F3N2O2. The molecule has 1 N–H and O–H groups in total. The largest absolute Gasteiger partial charge is 0.490 e. The molecule has 0 aliphatic carbocycles. The Labute approximate surface area is 64.3 Å². The van der Waals surface area contributed by atoms with Crippen molar-refractivity contribution < 1.29 is 23.1 Å². The van der Waals surface area contributed by atoms with Gasteiger partial charge >= 0.3 is 12.3 Å². The number of carboxylic acids is 1. The molecule has 66 valence electrons. The van der Waals surface area contributed by atoms with Crippen molar-refractivity contribution in [2.24, 2.45) is 0 Å². The molecule has 0 amide bonds. The van der Waals surface area contributed by atoms with Crippen molar-refractivity contribution in [3.05, 3.63) is 18.2 Å². The lowest BCUT2D eigenvalue weighted by molar-refractivity contribution is -0.204. The van der Waals surface area contributed by atoms with E-state index in [4.69, 9.17) is 5.11 Å². The van der Waals surface area contributed by atoms with Gasteiger partial charge in [0.05, 0.1) is 6.20 Å². The second-order valence-corrected chi connectivity index (χ2v) is 1.92. The second-order valence-electron chi connectivity index (χ2n) is 1.92. The number of carboxylic acid groups (broad SMARTS) is 1. The van der Waals surface area contributed by atoms with E-state index in [2.05, 4.69) is 4.98 Å². The normalized spacial score (nSPS) is 11.6. The molecule has 0 fully saturated rings. The smallest absolute Gasteiger partial charge is 0.477 e. The van der Waals surface area contributed by atoms with Gasteiger partial charge < -0.3 is 5.11 Å². The third kappa shape index (κ3) is 1.39. The molecule has 0 unspecified atom stereocenters. The van der Waals surface area contributed by atoms with Crippen molar-refractivity contribution in [3.63, 3.8) is 0 Å². The molecule has 1 rings (SSSR count). The van der Waals surface area contributed by atoms with Crippen molar-refractivity contribution in [3.8, 4) is 0 Å². The van der Waals surface area contributed by atoms with Crippen LogP contribution in [-0.2, 0) is 6.30 Å². The molecule has 1 heterocycles. The van der Waals surface area contributed by atoms with Gasteiger partial charge in [-0.25, -0.2) is 14.3 Å². The van der Waals surface area contributed by atoms with Gasteiger partial charge in [0, 0.05) is 0 Å². The third-order valence-corrected chi connectivity index (χ3v) is 1.13. The summed E-state index contributed by atoms with van der Waals surface area (Å²) in [5.74, 6) is -1.66. The van der Waals surface area contributed by atoms with Gasteiger partial charge in [-0.05, 0) is 0 Å². The maximum atomic E-state index is 11.9. The summed E-state index contributed by atoms with van der Waals surface area (Å²) in [6.07, 6.45) is -3.69. The fourth-order valence-electron chi connectivity index (χ4n) is 0.655. The fourth-order valence-corrected chi connectivity index (χ4v) is 0.655. The van der Waals surface area contributed by atoms with Crippen molar-refractivity contribution in [2.45, 2.75) is 6.30 Å². The molecule has 0 bridgehead atoms. The predicted octanol–water partition coefficient (Wildman–Crippen LogP) is 1.06. The Kier molecular flexibility index (Phi) is 1.79. The van der Waals surface area contributed by atoms with Gasteiger partial charge in [0.1, 0.15) is 6.33 Å². The molecule has 12 heavy (non-hydrogen) atoms. The molecule has 0 aliphatic heterocycles. The quantitative estimate of drug-likeness (QED) is 0.702. The van der Waals surface area contributed by atoms with Crippen molar-refractivity contribution in [2.75, 3.05) is 0 Å². The van der Waals surface area contributed by atoms with Crippen LogP contribution in [0, 0.1) is 0 Å². The number of halogens is 3. The van der Waals surface area contributed by atoms with Gasteiger partial charge in [0.2, 0.25) is 0 Å². The van der Waals surface area contributed by atoms with E-state index >= 15 is 0 Å². The average Bonchev–Trinajstić information content (AvgIpc) is 2.30. The van der Waals surface area contributed by atoms with E-state index in [1.807, 2.05) is 0 Å². The lowest BCUT2D eigenvalue weighted by Crippen LogP contribution is -2.20. The van der Waals surface area contributed by atoms with Crippen LogP contribution < -0.4 is 0 Å². The highest BCUT2D eigenvalue weighted by atomic mass is 19.4. The van der Waals surface area contributed by atoms with Crippen molar-refractivity contribution in [1.82, 2.24) is 9.55 Å². The molecule has 0 radical (unpaired) electrons. The number of aromatic carboxylic acids is 1. The van der Waals surface area contributed by atoms with Crippen LogP contribution in [0.3, 0.4) is 0 Å². The summed E-state index contributed by atoms with van der Waals surface area (Å²) in [5.41, 5.74) is -0.900.